The molecule has 2 bridgehead atoms. The van der Waals surface area contributed by atoms with Gasteiger partial charge < -0.3 is 15.0 Å². The van der Waals surface area contributed by atoms with Crippen LogP contribution in [0, 0.1) is 0 Å². The predicted molar refractivity (Wildman–Crippen MR) is 84.7 cm³/mol. The summed E-state index contributed by atoms with van der Waals surface area (Å²) in [6.07, 6.45) is 1.40. The van der Waals surface area contributed by atoms with Crippen molar-refractivity contribution in [2.75, 3.05) is 32.8 Å². The number of urea groups is 1. The fourth-order valence-electron chi connectivity index (χ4n) is 3.25. The van der Waals surface area contributed by atoms with E-state index in [1.165, 1.54) is 4.90 Å². The van der Waals surface area contributed by atoms with E-state index in [-0.39, 0.29) is 19.3 Å². The molecule has 0 saturated carbocycles. The molecule has 12 nitrogen and oxygen atoms in total. The molecule has 0 spiro atoms. The summed E-state index contributed by atoms with van der Waals surface area (Å²) in [6.45, 7) is 2.39. The molecule has 0 aromatic rings. The Hall–Kier alpha value is -1.51. The van der Waals surface area contributed by atoms with Crippen molar-refractivity contribution in [1.82, 2.24) is 20.8 Å². The minimum atomic E-state index is -4.81. The number of ether oxygens (including phenoxy) is 1. The molecular formula is C13H22N4O8S. The number of fused-ring (bicyclic) bond motifs is 2. The van der Waals surface area contributed by atoms with E-state index < -0.39 is 34.4 Å². The molecule has 3 aliphatic rings. The number of hydroxylamine groups is 3. The van der Waals surface area contributed by atoms with Gasteiger partial charge in [-0.15, -0.1) is 4.28 Å². The van der Waals surface area contributed by atoms with Crippen LogP contribution in [0.1, 0.15) is 19.3 Å². The molecule has 3 heterocycles. The first-order valence-corrected chi connectivity index (χ1v) is 9.72. The maximum absolute atomic E-state index is 12.3. The number of hydrogen-bond donors (Lipinski definition) is 3. The van der Waals surface area contributed by atoms with Crippen LogP contribution in [0.3, 0.4) is 0 Å². The van der Waals surface area contributed by atoms with Crippen molar-refractivity contribution in [2.24, 2.45) is 0 Å². The SMILES string of the molecule is O=C(NOCC1CNCCCO1)[C@H]1CC[C@H]2CN1C(=O)N2OS(=O)(=O)O. The first kappa shape index (κ1) is 19.3. The van der Waals surface area contributed by atoms with Crippen molar-refractivity contribution in [2.45, 2.75) is 37.5 Å². The van der Waals surface area contributed by atoms with E-state index in [0.29, 0.717) is 31.1 Å². The van der Waals surface area contributed by atoms with Gasteiger partial charge >= 0.3 is 16.4 Å². The van der Waals surface area contributed by atoms with Crippen molar-refractivity contribution < 1.29 is 36.4 Å². The van der Waals surface area contributed by atoms with Gasteiger partial charge in [0.1, 0.15) is 12.6 Å². The van der Waals surface area contributed by atoms with Gasteiger partial charge in [-0.3, -0.25) is 14.2 Å². The lowest BCUT2D eigenvalue weighted by atomic mass is 10.0. The summed E-state index contributed by atoms with van der Waals surface area (Å²) in [5.41, 5.74) is 2.32. The number of carbonyl (C=O) groups is 2. The Morgan fingerprint density at radius 2 is 2.23 bits per heavy atom. The number of nitrogens with zero attached hydrogens (tertiary/aromatic N) is 2. The highest BCUT2D eigenvalue weighted by atomic mass is 32.3. The second kappa shape index (κ2) is 8.02. The minimum Gasteiger partial charge on any atom is -0.374 e. The molecule has 3 saturated heterocycles. The van der Waals surface area contributed by atoms with Gasteiger partial charge in [-0.2, -0.15) is 13.5 Å². The van der Waals surface area contributed by atoms with Crippen LogP contribution in [0.15, 0.2) is 0 Å². The van der Waals surface area contributed by atoms with E-state index in [0.717, 1.165) is 13.0 Å². The molecule has 3 aliphatic heterocycles. The summed E-state index contributed by atoms with van der Waals surface area (Å²) >= 11 is 0. The van der Waals surface area contributed by atoms with E-state index in [9.17, 15) is 18.0 Å². The quantitative estimate of drug-likeness (QED) is 0.358. The monoisotopic (exact) mass is 394 g/mol. The molecule has 26 heavy (non-hydrogen) atoms. The zero-order valence-corrected chi connectivity index (χ0v) is 14.8. The summed E-state index contributed by atoms with van der Waals surface area (Å²) in [4.78, 5) is 31.0. The lowest BCUT2D eigenvalue weighted by Gasteiger charge is -2.29. The Balaban J connectivity index is 1.50. The van der Waals surface area contributed by atoms with Crippen LogP contribution >= 0.6 is 0 Å². The standard InChI is InChI=1S/C13H22N4O8S/c18-12(15-24-8-10-6-14-4-1-5-23-10)11-3-2-9-7-16(11)13(19)17(9)25-26(20,21)22/h9-11,14H,1-8H2,(H,15,18)(H,20,21,22)/t9-,10?,11+/m0/s1. The minimum absolute atomic E-state index is 0.127. The topological polar surface area (TPSA) is 147 Å². The largest absolute Gasteiger partial charge is 0.418 e. The summed E-state index contributed by atoms with van der Waals surface area (Å²) in [6, 6.07) is -2.14. The fraction of sp³-hybridized carbons (Fsp3) is 0.846. The molecule has 13 heteroatoms. The molecule has 3 fully saturated rings. The van der Waals surface area contributed by atoms with Crippen LogP contribution in [0.2, 0.25) is 0 Å². The molecule has 148 valence electrons. The van der Waals surface area contributed by atoms with Gasteiger partial charge in [0.25, 0.3) is 5.91 Å². The van der Waals surface area contributed by atoms with Crippen LogP contribution in [-0.4, -0.2) is 85.9 Å². The maximum Gasteiger partial charge on any atom is 0.418 e. The lowest BCUT2D eigenvalue weighted by Crippen LogP contribution is -2.50. The molecule has 0 aromatic carbocycles. The number of rotatable bonds is 6. The zero-order chi connectivity index (χ0) is 18.7. The Kier molecular flexibility index (Phi) is 5.94. The maximum atomic E-state index is 12.3. The van der Waals surface area contributed by atoms with Gasteiger partial charge in [0.05, 0.1) is 12.1 Å². The molecule has 0 aliphatic carbocycles. The lowest BCUT2D eigenvalue weighted by molar-refractivity contribution is -0.142. The van der Waals surface area contributed by atoms with Gasteiger partial charge in [-0.1, -0.05) is 0 Å². The van der Waals surface area contributed by atoms with Crippen molar-refractivity contribution in [3.05, 3.63) is 0 Å². The Morgan fingerprint density at radius 1 is 1.42 bits per heavy atom. The molecular weight excluding hydrogens is 372 g/mol. The Morgan fingerprint density at radius 3 is 3.00 bits per heavy atom. The highest BCUT2D eigenvalue weighted by molar-refractivity contribution is 7.80. The average Bonchev–Trinajstić information content (AvgIpc) is 2.78. The van der Waals surface area contributed by atoms with Gasteiger partial charge in [0.15, 0.2) is 0 Å². The zero-order valence-electron chi connectivity index (χ0n) is 14.0. The first-order chi connectivity index (χ1) is 12.3. The summed E-state index contributed by atoms with van der Waals surface area (Å²) in [7, 11) is -4.81. The summed E-state index contributed by atoms with van der Waals surface area (Å²) in [5.74, 6) is -0.507. The molecule has 3 amide bonds. The third kappa shape index (κ3) is 4.61. The smallest absolute Gasteiger partial charge is 0.374 e. The van der Waals surface area contributed by atoms with Crippen molar-refractivity contribution >= 4 is 22.3 Å². The number of hydrogen-bond acceptors (Lipinski definition) is 8. The second-order valence-corrected chi connectivity index (χ2v) is 7.34. The van der Waals surface area contributed by atoms with E-state index in [4.69, 9.17) is 14.1 Å². The van der Waals surface area contributed by atoms with E-state index >= 15 is 0 Å². The highest BCUT2D eigenvalue weighted by Gasteiger charge is 2.49. The number of amides is 3. The normalized spacial score (nSPS) is 29.6. The number of piperidine rings is 1. The molecule has 0 aromatic heterocycles. The van der Waals surface area contributed by atoms with E-state index in [1.807, 2.05) is 0 Å². The third-order valence-electron chi connectivity index (χ3n) is 4.47. The van der Waals surface area contributed by atoms with Crippen LogP contribution < -0.4 is 10.8 Å². The average molecular weight is 394 g/mol. The van der Waals surface area contributed by atoms with Crippen LogP contribution in [0.25, 0.3) is 0 Å². The van der Waals surface area contributed by atoms with Gasteiger partial charge in [0.2, 0.25) is 0 Å². The molecule has 3 N–H and O–H groups in total. The van der Waals surface area contributed by atoms with Crippen LogP contribution in [-0.2, 0) is 29.1 Å². The first-order valence-electron chi connectivity index (χ1n) is 8.36. The van der Waals surface area contributed by atoms with Crippen LogP contribution in [0.4, 0.5) is 4.79 Å². The number of nitrogens with one attached hydrogen (secondary N) is 2. The summed E-state index contributed by atoms with van der Waals surface area (Å²) < 4.78 is 40.3. The number of carbonyl (C=O) groups excluding carboxylic acids is 2. The molecule has 1 unspecified atom stereocenters. The molecule has 3 atom stereocenters. The van der Waals surface area contributed by atoms with Crippen molar-refractivity contribution in [3.8, 4) is 0 Å². The molecule has 3 rings (SSSR count). The fourth-order valence-corrected chi connectivity index (χ4v) is 3.64. The summed E-state index contributed by atoms with van der Waals surface area (Å²) in [5, 5.41) is 3.78. The van der Waals surface area contributed by atoms with E-state index in [2.05, 4.69) is 15.1 Å². The predicted octanol–water partition coefficient (Wildman–Crippen LogP) is -1.58. The van der Waals surface area contributed by atoms with Crippen LogP contribution in [0.5, 0.6) is 0 Å². The van der Waals surface area contributed by atoms with E-state index in [1.54, 1.807) is 0 Å². The van der Waals surface area contributed by atoms with Crippen molar-refractivity contribution in [3.63, 3.8) is 0 Å². The van der Waals surface area contributed by atoms with Gasteiger partial charge in [-0.05, 0) is 25.8 Å². The molecule has 0 radical (unpaired) electrons. The highest BCUT2D eigenvalue weighted by Crippen LogP contribution is 2.30. The third-order valence-corrected chi connectivity index (χ3v) is 4.81. The Bertz CT molecular complexity index is 636. The van der Waals surface area contributed by atoms with Gasteiger partial charge in [-0.25, -0.2) is 10.3 Å². The second-order valence-electron chi connectivity index (χ2n) is 6.34. The van der Waals surface area contributed by atoms with Crippen molar-refractivity contribution in [1.29, 1.82) is 0 Å². The Labute approximate surface area is 150 Å². The van der Waals surface area contributed by atoms with Gasteiger partial charge in [0, 0.05) is 19.7 Å².